The van der Waals surface area contributed by atoms with Crippen molar-refractivity contribution in [3.05, 3.63) is 61.6 Å². The van der Waals surface area contributed by atoms with Crippen molar-refractivity contribution in [1.29, 1.82) is 0 Å². The van der Waals surface area contributed by atoms with Crippen molar-refractivity contribution in [2.24, 2.45) is 0 Å². The average Bonchev–Trinajstić information content (AvgIpc) is 2.45. The quantitative estimate of drug-likeness (QED) is 0.670. The fourth-order valence-corrected chi connectivity index (χ4v) is 3.32. The van der Waals surface area contributed by atoms with E-state index >= 15 is 0 Å². The van der Waals surface area contributed by atoms with E-state index in [1.54, 1.807) is 7.11 Å². The maximum absolute atomic E-state index is 5.26. The minimum absolute atomic E-state index is 0.176. The predicted octanol–water partition coefficient (Wildman–Crippen LogP) is 4.76. The molecule has 1 N–H and O–H groups in total. The molecule has 2 rings (SSSR count). The zero-order valence-corrected chi connectivity index (χ0v) is 15.2. The van der Waals surface area contributed by atoms with E-state index in [0.717, 1.165) is 16.8 Å². The summed E-state index contributed by atoms with van der Waals surface area (Å²) in [6.45, 7) is 3.03. The topological polar surface area (TPSA) is 21.3 Å². The zero-order chi connectivity index (χ0) is 14.5. The van der Waals surface area contributed by atoms with Crippen LogP contribution in [0.25, 0.3) is 0 Å². The first kappa shape index (κ1) is 15.8. The van der Waals surface area contributed by atoms with Gasteiger partial charge in [-0.3, -0.25) is 0 Å². The van der Waals surface area contributed by atoms with Crippen LogP contribution in [0.4, 0.5) is 0 Å². The second kappa shape index (κ2) is 7.43. The van der Waals surface area contributed by atoms with Crippen LogP contribution < -0.4 is 10.1 Å². The Morgan fingerprint density at radius 2 is 2.05 bits per heavy atom. The van der Waals surface area contributed by atoms with E-state index in [2.05, 4.69) is 81.1 Å². The minimum atomic E-state index is 0.176. The summed E-state index contributed by atoms with van der Waals surface area (Å²) in [6.07, 6.45) is 0. The fraction of sp³-hybridized carbons (Fsp3) is 0.250. The number of nitrogens with one attached hydrogen (secondary N) is 1. The molecule has 1 unspecified atom stereocenters. The third-order valence-corrected chi connectivity index (χ3v) is 4.47. The Kier molecular flexibility index (Phi) is 5.86. The molecule has 20 heavy (non-hydrogen) atoms. The van der Waals surface area contributed by atoms with Crippen molar-refractivity contribution in [3.8, 4) is 5.75 Å². The Labute approximate surface area is 142 Å². The molecule has 0 saturated heterocycles. The highest BCUT2D eigenvalue weighted by molar-refractivity contribution is 14.1. The van der Waals surface area contributed by atoms with Crippen LogP contribution in [-0.2, 0) is 0 Å². The van der Waals surface area contributed by atoms with Crippen LogP contribution in [-0.4, -0.2) is 13.7 Å². The molecule has 0 saturated carbocycles. The van der Waals surface area contributed by atoms with Crippen LogP contribution in [0.5, 0.6) is 5.75 Å². The molecule has 0 spiro atoms. The summed E-state index contributed by atoms with van der Waals surface area (Å²) in [6, 6.07) is 14.9. The van der Waals surface area contributed by atoms with Gasteiger partial charge in [0.2, 0.25) is 0 Å². The van der Waals surface area contributed by atoms with E-state index in [1.165, 1.54) is 14.7 Å². The summed E-state index contributed by atoms with van der Waals surface area (Å²) in [5.74, 6) is 0.860. The highest BCUT2D eigenvalue weighted by Crippen LogP contribution is 2.31. The standard InChI is InChI=1S/C16H17BrINO/c1-3-19-16(11-5-4-6-12(18)9-11)14-8-7-13(20-2)10-15(14)17/h4-10,16,19H,3H2,1-2H3. The molecular formula is C16H17BrINO. The molecule has 0 aromatic heterocycles. The van der Waals surface area contributed by atoms with E-state index < -0.39 is 0 Å². The van der Waals surface area contributed by atoms with Gasteiger partial charge in [-0.25, -0.2) is 0 Å². The van der Waals surface area contributed by atoms with E-state index in [1.807, 2.05) is 12.1 Å². The highest BCUT2D eigenvalue weighted by atomic mass is 127. The van der Waals surface area contributed by atoms with Crippen molar-refractivity contribution in [2.45, 2.75) is 13.0 Å². The van der Waals surface area contributed by atoms with Gasteiger partial charge < -0.3 is 10.1 Å². The Balaban J connectivity index is 2.43. The maximum Gasteiger partial charge on any atom is 0.120 e. The van der Waals surface area contributed by atoms with E-state index in [0.29, 0.717) is 0 Å². The normalized spacial score (nSPS) is 12.2. The van der Waals surface area contributed by atoms with Crippen LogP contribution >= 0.6 is 38.5 Å². The molecule has 0 amide bonds. The molecule has 2 aromatic carbocycles. The summed E-state index contributed by atoms with van der Waals surface area (Å²) in [7, 11) is 1.68. The number of ether oxygens (including phenoxy) is 1. The van der Waals surface area contributed by atoms with Gasteiger partial charge in [0, 0.05) is 8.04 Å². The third kappa shape index (κ3) is 3.74. The first-order chi connectivity index (χ1) is 9.65. The van der Waals surface area contributed by atoms with Crippen LogP contribution in [0.3, 0.4) is 0 Å². The second-order valence-corrected chi connectivity index (χ2v) is 6.53. The van der Waals surface area contributed by atoms with Crippen LogP contribution in [0, 0.1) is 3.57 Å². The molecule has 0 radical (unpaired) electrons. The number of hydrogen-bond acceptors (Lipinski definition) is 2. The van der Waals surface area contributed by atoms with Gasteiger partial charge in [-0.2, -0.15) is 0 Å². The van der Waals surface area contributed by atoms with E-state index in [-0.39, 0.29) is 6.04 Å². The van der Waals surface area contributed by atoms with Crippen LogP contribution in [0.1, 0.15) is 24.1 Å². The van der Waals surface area contributed by atoms with Gasteiger partial charge in [0.1, 0.15) is 5.75 Å². The van der Waals surface area contributed by atoms with Crippen molar-refractivity contribution in [2.75, 3.05) is 13.7 Å². The number of rotatable bonds is 5. The molecule has 0 aliphatic carbocycles. The van der Waals surface area contributed by atoms with Crippen molar-refractivity contribution >= 4 is 38.5 Å². The lowest BCUT2D eigenvalue weighted by Gasteiger charge is -2.21. The molecule has 106 valence electrons. The van der Waals surface area contributed by atoms with Gasteiger partial charge >= 0.3 is 0 Å². The number of benzene rings is 2. The third-order valence-electron chi connectivity index (χ3n) is 3.11. The Morgan fingerprint density at radius 3 is 2.65 bits per heavy atom. The average molecular weight is 446 g/mol. The monoisotopic (exact) mass is 445 g/mol. The smallest absolute Gasteiger partial charge is 0.120 e. The number of methoxy groups -OCH3 is 1. The Morgan fingerprint density at radius 1 is 1.25 bits per heavy atom. The van der Waals surface area contributed by atoms with Crippen LogP contribution in [0.2, 0.25) is 0 Å². The van der Waals surface area contributed by atoms with Crippen molar-refractivity contribution < 1.29 is 4.74 Å². The van der Waals surface area contributed by atoms with Gasteiger partial charge in [0.15, 0.2) is 0 Å². The van der Waals surface area contributed by atoms with Gasteiger partial charge in [-0.15, -0.1) is 0 Å². The van der Waals surface area contributed by atoms with E-state index in [9.17, 15) is 0 Å². The minimum Gasteiger partial charge on any atom is -0.497 e. The summed E-state index contributed by atoms with van der Waals surface area (Å²) in [5.41, 5.74) is 2.49. The Bertz CT molecular complexity index is 588. The SMILES string of the molecule is CCNC(c1cccc(I)c1)c1ccc(OC)cc1Br. The number of hydrogen-bond donors (Lipinski definition) is 1. The number of halogens is 2. The molecule has 0 aliphatic rings. The highest BCUT2D eigenvalue weighted by Gasteiger charge is 2.16. The molecule has 2 nitrogen and oxygen atoms in total. The van der Waals surface area contributed by atoms with Crippen molar-refractivity contribution in [3.63, 3.8) is 0 Å². The molecular weight excluding hydrogens is 429 g/mol. The lowest BCUT2D eigenvalue weighted by atomic mass is 9.98. The van der Waals surface area contributed by atoms with Gasteiger partial charge in [0.25, 0.3) is 0 Å². The summed E-state index contributed by atoms with van der Waals surface area (Å²) >= 11 is 6.00. The lowest BCUT2D eigenvalue weighted by molar-refractivity contribution is 0.414. The molecule has 0 fully saturated rings. The van der Waals surface area contributed by atoms with Gasteiger partial charge in [-0.05, 0) is 64.5 Å². The van der Waals surface area contributed by atoms with Gasteiger partial charge in [-0.1, -0.05) is 41.1 Å². The maximum atomic E-state index is 5.26. The molecule has 2 aromatic rings. The molecule has 0 bridgehead atoms. The molecule has 0 aliphatic heterocycles. The molecule has 0 heterocycles. The summed E-state index contributed by atoms with van der Waals surface area (Å²) in [4.78, 5) is 0. The van der Waals surface area contributed by atoms with Gasteiger partial charge in [0.05, 0.1) is 13.2 Å². The summed E-state index contributed by atoms with van der Waals surface area (Å²) < 4.78 is 7.56. The van der Waals surface area contributed by atoms with Crippen LogP contribution in [0.15, 0.2) is 46.9 Å². The predicted molar refractivity (Wildman–Crippen MR) is 95.4 cm³/mol. The molecule has 4 heteroatoms. The molecule has 1 atom stereocenters. The first-order valence-electron chi connectivity index (χ1n) is 6.48. The van der Waals surface area contributed by atoms with Crippen molar-refractivity contribution in [1.82, 2.24) is 5.32 Å². The zero-order valence-electron chi connectivity index (χ0n) is 11.5. The Hall–Kier alpha value is -0.590. The van der Waals surface area contributed by atoms with E-state index in [4.69, 9.17) is 4.74 Å². The first-order valence-corrected chi connectivity index (χ1v) is 8.35. The lowest BCUT2D eigenvalue weighted by Crippen LogP contribution is -2.22. The fourth-order valence-electron chi connectivity index (χ4n) is 2.17. The summed E-state index contributed by atoms with van der Waals surface area (Å²) in [5, 5.41) is 3.55. The second-order valence-electron chi connectivity index (χ2n) is 4.43. The largest absolute Gasteiger partial charge is 0.497 e.